The minimum atomic E-state index is 0.279. The van der Waals surface area contributed by atoms with Gasteiger partial charge in [-0.3, -0.25) is 9.97 Å². The van der Waals surface area contributed by atoms with E-state index in [0.29, 0.717) is 23.3 Å². The monoisotopic (exact) mass is 665 g/mol. The van der Waals surface area contributed by atoms with Gasteiger partial charge in [-0.05, 0) is 66.9 Å². The van der Waals surface area contributed by atoms with Gasteiger partial charge in [-0.1, -0.05) is 43.6 Å². The number of halogens is 1. The highest BCUT2D eigenvalue weighted by Crippen LogP contribution is 2.35. The van der Waals surface area contributed by atoms with Crippen molar-refractivity contribution in [1.82, 2.24) is 29.9 Å². The fourth-order valence-electron chi connectivity index (χ4n) is 4.85. The number of ether oxygens (including phenoxy) is 2. The lowest BCUT2D eigenvalue weighted by atomic mass is 10.2. The van der Waals surface area contributed by atoms with Crippen LogP contribution in [0, 0.1) is 0 Å². The Balaban J connectivity index is 0.000000162. The summed E-state index contributed by atoms with van der Waals surface area (Å²) in [6.45, 7) is 5.17. The van der Waals surface area contributed by atoms with Gasteiger partial charge in [0.2, 0.25) is 6.79 Å². The van der Waals surface area contributed by atoms with E-state index >= 15 is 0 Å². The van der Waals surface area contributed by atoms with Crippen LogP contribution in [-0.4, -0.2) is 36.7 Å². The number of fused-ring (bicyclic) bond motifs is 3. The van der Waals surface area contributed by atoms with Crippen molar-refractivity contribution in [2.24, 2.45) is 0 Å². The molecule has 1 N–H and O–H groups in total. The second-order valence-electron chi connectivity index (χ2n) is 10.3. The molecule has 0 spiro atoms. The number of nitrogens with zero attached hydrogens (tertiary/aromatic N) is 6. The van der Waals surface area contributed by atoms with Gasteiger partial charge in [0, 0.05) is 34.1 Å². The third-order valence-corrected chi connectivity index (χ3v) is 9.86. The Morgan fingerprint density at radius 1 is 0.717 bits per heavy atom. The summed E-state index contributed by atoms with van der Waals surface area (Å²) in [5.74, 6) is 3.60. The molecule has 1 aromatic carbocycles. The van der Waals surface area contributed by atoms with Gasteiger partial charge in [0.25, 0.3) is 0 Å². The first-order chi connectivity index (χ1) is 22.6. The number of hydrogen-bond donors (Lipinski definition) is 1. The van der Waals surface area contributed by atoms with E-state index in [0.717, 1.165) is 67.5 Å². The highest BCUT2D eigenvalue weighted by molar-refractivity contribution is 7.19. The quantitative estimate of drug-likeness (QED) is 0.167. The lowest BCUT2D eigenvalue weighted by molar-refractivity contribution is 0.174. The standard InChI is InChI=1S/C21H18N4O2S.C13H10ClN3S/c1-2-14-10-15-19(23-11-13-6-7-17-18(9-13)27-12-26-17)24-20(25-21(15)28-14)16-5-3-4-8-22-16;1-2-8-7-9-11(14)16-12(17-13(9)18-8)10-5-3-4-6-15-10/h3-10H,2,11-12H2,1H3,(H,23,24,25);3-7H,2H2,1H3. The SMILES string of the molecule is CCc1cc2c(Cl)nc(-c3ccccn3)nc2s1.CCc1cc2c(NCc3ccc4c(c3)OCO4)nc(-c3ccccn3)nc2s1. The number of thiophene rings is 2. The topological polar surface area (TPSA) is 108 Å². The van der Waals surface area contributed by atoms with Crippen LogP contribution < -0.4 is 14.8 Å². The van der Waals surface area contributed by atoms with Crippen molar-refractivity contribution in [2.45, 2.75) is 33.2 Å². The predicted octanol–water partition coefficient (Wildman–Crippen LogP) is 8.63. The number of benzene rings is 1. The van der Waals surface area contributed by atoms with Gasteiger partial charge < -0.3 is 14.8 Å². The van der Waals surface area contributed by atoms with Crippen LogP contribution in [0.5, 0.6) is 11.5 Å². The Morgan fingerprint density at radius 3 is 2.00 bits per heavy atom. The number of pyridine rings is 2. The lowest BCUT2D eigenvalue weighted by Crippen LogP contribution is -2.04. The van der Waals surface area contributed by atoms with Crippen molar-refractivity contribution in [2.75, 3.05) is 12.1 Å². The third kappa shape index (κ3) is 6.34. The van der Waals surface area contributed by atoms with Crippen molar-refractivity contribution in [1.29, 1.82) is 0 Å². The predicted molar refractivity (Wildman–Crippen MR) is 185 cm³/mol. The normalized spacial score (nSPS) is 11.9. The summed E-state index contributed by atoms with van der Waals surface area (Å²) in [5, 5.41) is 5.94. The van der Waals surface area contributed by atoms with E-state index in [1.54, 1.807) is 35.1 Å². The Bertz CT molecular complexity index is 2140. The van der Waals surface area contributed by atoms with Gasteiger partial charge in [0.15, 0.2) is 23.1 Å². The van der Waals surface area contributed by atoms with E-state index in [1.165, 1.54) is 9.75 Å². The number of aromatic nitrogens is 6. The molecule has 0 radical (unpaired) electrons. The number of hydrogen-bond acceptors (Lipinski definition) is 11. The highest BCUT2D eigenvalue weighted by atomic mass is 35.5. The molecule has 7 aromatic rings. The number of aryl methyl sites for hydroxylation is 2. The third-order valence-electron chi connectivity index (χ3n) is 7.22. The zero-order valence-electron chi connectivity index (χ0n) is 25.0. The second-order valence-corrected chi connectivity index (χ2v) is 12.9. The van der Waals surface area contributed by atoms with Gasteiger partial charge in [0.05, 0.1) is 5.39 Å². The first-order valence-electron chi connectivity index (χ1n) is 14.8. The van der Waals surface area contributed by atoms with Crippen molar-refractivity contribution in [3.05, 3.63) is 99.6 Å². The van der Waals surface area contributed by atoms with Gasteiger partial charge in [-0.2, -0.15) is 0 Å². The molecule has 0 aliphatic carbocycles. The fraction of sp³-hybridized carbons (Fsp3) is 0.176. The van der Waals surface area contributed by atoms with E-state index < -0.39 is 0 Å². The average molecular weight is 666 g/mol. The Labute approximate surface area is 278 Å². The molecule has 8 rings (SSSR count). The summed E-state index contributed by atoms with van der Waals surface area (Å²) < 4.78 is 10.9. The van der Waals surface area contributed by atoms with Crippen LogP contribution in [-0.2, 0) is 19.4 Å². The zero-order valence-corrected chi connectivity index (χ0v) is 27.4. The molecule has 0 saturated heterocycles. The van der Waals surface area contributed by atoms with Crippen LogP contribution in [0.3, 0.4) is 0 Å². The summed E-state index contributed by atoms with van der Waals surface area (Å²) >= 11 is 9.57. The van der Waals surface area contributed by atoms with E-state index in [9.17, 15) is 0 Å². The summed E-state index contributed by atoms with van der Waals surface area (Å²) in [4.78, 5) is 31.5. The smallest absolute Gasteiger partial charge is 0.231 e. The largest absolute Gasteiger partial charge is 0.454 e. The van der Waals surface area contributed by atoms with Gasteiger partial charge in [-0.15, -0.1) is 22.7 Å². The first-order valence-corrected chi connectivity index (χ1v) is 16.8. The highest BCUT2D eigenvalue weighted by Gasteiger charge is 2.16. The summed E-state index contributed by atoms with van der Waals surface area (Å²) in [6, 6.07) is 21.6. The number of anilines is 1. The molecular weight excluding hydrogens is 638 g/mol. The van der Waals surface area contributed by atoms with Crippen LogP contribution in [0.4, 0.5) is 5.82 Å². The molecule has 1 aliphatic rings. The molecule has 12 heteroatoms. The fourth-order valence-corrected chi connectivity index (χ4v) is 7.06. The Kier molecular flexibility index (Phi) is 8.69. The molecule has 230 valence electrons. The van der Waals surface area contributed by atoms with Crippen molar-refractivity contribution >= 4 is 60.5 Å². The molecule has 0 amide bonds. The maximum atomic E-state index is 6.21. The average Bonchev–Trinajstić information content (AvgIpc) is 3.86. The van der Waals surface area contributed by atoms with E-state index in [1.807, 2.05) is 54.6 Å². The molecule has 0 saturated carbocycles. The van der Waals surface area contributed by atoms with Crippen LogP contribution >= 0.6 is 34.3 Å². The Morgan fingerprint density at radius 2 is 1.35 bits per heavy atom. The molecular formula is C34H28ClN7O2S2. The van der Waals surface area contributed by atoms with E-state index in [-0.39, 0.29) is 6.79 Å². The van der Waals surface area contributed by atoms with Gasteiger partial charge >= 0.3 is 0 Å². The summed E-state index contributed by atoms with van der Waals surface area (Å²) in [5.41, 5.74) is 2.61. The van der Waals surface area contributed by atoms with Crippen LogP contribution in [0.15, 0.2) is 79.1 Å². The van der Waals surface area contributed by atoms with Crippen LogP contribution in [0.2, 0.25) is 5.15 Å². The van der Waals surface area contributed by atoms with Crippen LogP contribution in [0.1, 0.15) is 29.2 Å². The summed E-state index contributed by atoms with van der Waals surface area (Å²) in [7, 11) is 0. The van der Waals surface area contributed by atoms with E-state index in [2.05, 4.69) is 51.2 Å². The molecule has 6 aromatic heterocycles. The van der Waals surface area contributed by atoms with Crippen molar-refractivity contribution in [3.63, 3.8) is 0 Å². The minimum absolute atomic E-state index is 0.279. The number of nitrogens with one attached hydrogen (secondary N) is 1. The number of rotatable bonds is 7. The maximum absolute atomic E-state index is 6.21. The van der Waals surface area contributed by atoms with E-state index in [4.69, 9.17) is 31.0 Å². The van der Waals surface area contributed by atoms with Crippen molar-refractivity contribution < 1.29 is 9.47 Å². The Hall–Kier alpha value is -4.71. The molecule has 46 heavy (non-hydrogen) atoms. The molecule has 0 bridgehead atoms. The molecule has 9 nitrogen and oxygen atoms in total. The van der Waals surface area contributed by atoms with Crippen molar-refractivity contribution in [3.8, 4) is 34.5 Å². The first kappa shape index (κ1) is 30.0. The maximum Gasteiger partial charge on any atom is 0.231 e. The zero-order chi connectivity index (χ0) is 31.5. The molecule has 0 atom stereocenters. The molecule has 0 unspecified atom stereocenters. The second kappa shape index (κ2) is 13.3. The minimum Gasteiger partial charge on any atom is -0.454 e. The summed E-state index contributed by atoms with van der Waals surface area (Å²) in [6.07, 6.45) is 5.44. The van der Waals surface area contributed by atoms with Gasteiger partial charge in [-0.25, -0.2) is 19.9 Å². The van der Waals surface area contributed by atoms with Crippen LogP contribution in [0.25, 0.3) is 43.5 Å². The molecule has 0 fully saturated rings. The molecule has 7 heterocycles. The molecule has 1 aliphatic heterocycles. The van der Waals surface area contributed by atoms with Gasteiger partial charge in [0.1, 0.15) is 32.0 Å². The lowest BCUT2D eigenvalue weighted by Gasteiger charge is -2.09.